The number of rotatable bonds is 9. The van der Waals surface area contributed by atoms with Crippen molar-refractivity contribution in [1.29, 1.82) is 5.26 Å². The maximum atomic E-state index is 13.9. The van der Waals surface area contributed by atoms with Crippen LogP contribution in [0.3, 0.4) is 0 Å². The minimum Gasteiger partial charge on any atom is -0.332 e. The van der Waals surface area contributed by atoms with Crippen molar-refractivity contribution in [2.24, 2.45) is 0 Å². The second-order valence-corrected chi connectivity index (χ2v) is 11.6. The molecule has 0 saturated carbocycles. The van der Waals surface area contributed by atoms with Gasteiger partial charge in [-0.3, -0.25) is 18.4 Å². The minimum atomic E-state index is -4.95. The molecule has 224 valence electrons. The SMILES string of the molecule is CCS(=O)CCN(C(=O)Cc1ccc(F)c(C(F)(F)F)c1)C(C)c1nc2nc(C)ccc2c(=O)n1-c1ccc(C#N)cc1. The number of fused-ring (bicyclic) bond motifs is 1. The van der Waals surface area contributed by atoms with Crippen LogP contribution >= 0.6 is 0 Å². The molecule has 0 aliphatic carbocycles. The largest absolute Gasteiger partial charge is 0.419 e. The van der Waals surface area contributed by atoms with E-state index in [0.717, 1.165) is 6.07 Å². The Labute approximate surface area is 247 Å². The fraction of sp³-hybridized carbons (Fsp3) is 0.300. The maximum absolute atomic E-state index is 13.9. The van der Waals surface area contributed by atoms with E-state index in [1.807, 2.05) is 6.07 Å². The van der Waals surface area contributed by atoms with Crippen molar-refractivity contribution >= 4 is 27.7 Å². The molecule has 2 unspecified atom stereocenters. The van der Waals surface area contributed by atoms with Crippen LogP contribution in [-0.2, 0) is 28.2 Å². The monoisotopic (exact) mass is 613 g/mol. The summed E-state index contributed by atoms with van der Waals surface area (Å²) in [7, 11) is -1.30. The van der Waals surface area contributed by atoms with E-state index in [1.165, 1.54) is 21.6 Å². The molecule has 2 heterocycles. The third-order valence-corrected chi connectivity index (χ3v) is 8.17. The summed E-state index contributed by atoms with van der Waals surface area (Å²) < 4.78 is 67.6. The average Bonchev–Trinajstić information content (AvgIpc) is 2.97. The molecule has 8 nitrogen and oxygen atoms in total. The molecule has 0 N–H and O–H groups in total. The number of nitriles is 1. The summed E-state index contributed by atoms with van der Waals surface area (Å²) >= 11 is 0. The van der Waals surface area contributed by atoms with Gasteiger partial charge in [-0.15, -0.1) is 0 Å². The number of halogens is 4. The molecule has 4 rings (SSSR count). The highest BCUT2D eigenvalue weighted by molar-refractivity contribution is 7.84. The van der Waals surface area contributed by atoms with Crippen LogP contribution in [0.25, 0.3) is 16.7 Å². The lowest BCUT2D eigenvalue weighted by Crippen LogP contribution is -2.40. The number of benzene rings is 2. The van der Waals surface area contributed by atoms with Crippen LogP contribution in [0.15, 0.2) is 59.4 Å². The zero-order valence-electron chi connectivity index (χ0n) is 23.5. The molecule has 2 aromatic carbocycles. The van der Waals surface area contributed by atoms with Crippen LogP contribution in [-0.4, -0.2) is 47.6 Å². The Morgan fingerprint density at radius 2 is 1.81 bits per heavy atom. The Morgan fingerprint density at radius 1 is 1.12 bits per heavy atom. The number of aryl methyl sites for hydroxylation is 1. The van der Waals surface area contributed by atoms with Crippen molar-refractivity contribution in [2.75, 3.05) is 18.1 Å². The van der Waals surface area contributed by atoms with E-state index in [1.54, 1.807) is 45.0 Å². The lowest BCUT2D eigenvalue weighted by molar-refractivity contribution is -0.140. The fourth-order valence-electron chi connectivity index (χ4n) is 4.59. The third-order valence-electron chi connectivity index (χ3n) is 6.89. The van der Waals surface area contributed by atoms with E-state index in [0.29, 0.717) is 34.8 Å². The van der Waals surface area contributed by atoms with Gasteiger partial charge in [0.2, 0.25) is 5.91 Å². The van der Waals surface area contributed by atoms with Crippen LogP contribution in [0.5, 0.6) is 0 Å². The van der Waals surface area contributed by atoms with E-state index in [-0.39, 0.29) is 34.7 Å². The molecular weight excluding hydrogens is 586 g/mol. The Bertz CT molecular complexity index is 1800. The molecule has 0 saturated heterocycles. The van der Waals surface area contributed by atoms with Gasteiger partial charge in [-0.1, -0.05) is 13.0 Å². The number of hydrogen-bond acceptors (Lipinski definition) is 6. The summed E-state index contributed by atoms with van der Waals surface area (Å²) in [5, 5.41) is 9.44. The average molecular weight is 614 g/mol. The normalized spacial score (nSPS) is 13.0. The number of nitrogens with zero attached hydrogens (tertiary/aromatic N) is 5. The van der Waals surface area contributed by atoms with Gasteiger partial charge in [0.05, 0.1) is 40.7 Å². The molecule has 0 radical (unpaired) electrons. The molecule has 0 bridgehead atoms. The molecular formula is C30H27F4N5O3S. The van der Waals surface area contributed by atoms with Crippen molar-refractivity contribution in [3.63, 3.8) is 0 Å². The molecule has 1 amide bonds. The van der Waals surface area contributed by atoms with Crippen molar-refractivity contribution in [3.8, 4) is 11.8 Å². The number of alkyl halides is 3. The number of amides is 1. The summed E-state index contributed by atoms with van der Waals surface area (Å²) in [6.45, 7) is 4.98. The van der Waals surface area contributed by atoms with Gasteiger partial charge in [-0.2, -0.15) is 18.4 Å². The van der Waals surface area contributed by atoms with E-state index >= 15 is 0 Å². The van der Waals surface area contributed by atoms with E-state index < -0.39 is 52.3 Å². The predicted molar refractivity (Wildman–Crippen MR) is 153 cm³/mol. The van der Waals surface area contributed by atoms with Crippen LogP contribution in [0.2, 0.25) is 0 Å². The van der Waals surface area contributed by atoms with E-state index in [4.69, 9.17) is 0 Å². The minimum absolute atomic E-state index is 0.0592. The molecule has 0 spiro atoms. The summed E-state index contributed by atoms with van der Waals surface area (Å²) in [5.74, 6) is -1.61. The van der Waals surface area contributed by atoms with Crippen LogP contribution in [0, 0.1) is 24.1 Å². The number of aromatic nitrogens is 3. The summed E-state index contributed by atoms with van der Waals surface area (Å²) in [6, 6.07) is 12.8. The number of hydrogen-bond donors (Lipinski definition) is 0. The number of carbonyl (C=O) groups is 1. The Morgan fingerprint density at radius 3 is 2.44 bits per heavy atom. The lowest BCUT2D eigenvalue weighted by atomic mass is 10.1. The first-order valence-corrected chi connectivity index (χ1v) is 14.7. The predicted octanol–water partition coefficient (Wildman–Crippen LogP) is 5.02. The quantitative estimate of drug-likeness (QED) is 0.245. The standard InChI is InChI=1S/C30H27F4N5O3S/c1-4-43(42)14-13-38(26(40)16-21-8-12-25(31)24(15-21)30(32,33)34)19(3)28-37-27-23(11-5-18(2)36-27)29(41)39(28)22-9-6-20(17-35)7-10-22/h5-12,15,19H,4,13-14,16H2,1-3H3. The topological polar surface area (TPSA) is 109 Å². The summed E-state index contributed by atoms with van der Waals surface area (Å²) in [4.78, 5) is 37.8. The Kier molecular flexibility index (Phi) is 9.40. The van der Waals surface area contributed by atoms with E-state index in [2.05, 4.69) is 9.97 Å². The van der Waals surface area contributed by atoms with Gasteiger partial charge in [0, 0.05) is 34.5 Å². The second kappa shape index (κ2) is 12.8. The Hall–Kier alpha value is -4.44. The van der Waals surface area contributed by atoms with Gasteiger partial charge in [0.15, 0.2) is 5.65 Å². The third kappa shape index (κ3) is 6.97. The number of pyridine rings is 1. The Balaban J connectivity index is 1.84. The maximum Gasteiger partial charge on any atom is 0.419 e. The van der Waals surface area contributed by atoms with Crippen molar-refractivity contribution < 1.29 is 26.6 Å². The van der Waals surface area contributed by atoms with Crippen molar-refractivity contribution in [1.82, 2.24) is 19.4 Å². The van der Waals surface area contributed by atoms with Crippen molar-refractivity contribution in [2.45, 2.75) is 39.4 Å². The molecule has 13 heteroatoms. The molecule has 0 fully saturated rings. The molecule has 0 aliphatic heterocycles. The zero-order valence-corrected chi connectivity index (χ0v) is 24.3. The van der Waals surface area contributed by atoms with E-state index in [9.17, 15) is 36.6 Å². The smallest absolute Gasteiger partial charge is 0.332 e. The second-order valence-electron chi connectivity index (χ2n) is 9.78. The lowest BCUT2D eigenvalue weighted by Gasteiger charge is -2.30. The summed E-state index contributed by atoms with van der Waals surface area (Å²) in [6.07, 6.45) is -5.47. The molecule has 43 heavy (non-hydrogen) atoms. The fourth-order valence-corrected chi connectivity index (χ4v) is 5.28. The first-order chi connectivity index (χ1) is 20.3. The van der Waals surface area contributed by atoms with Crippen LogP contribution in [0.4, 0.5) is 17.6 Å². The first kappa shape index (κ1) is 31.5. The van der Waals surface area contributed by atoms with Gasteiger partial charge < -0.3 is 4.90 Å². The van der Waals surface area contributed by atoms with Gasteiger partial charge in [-0.25, -0.2) is 14.4 Å². The molecule has 2 aromatic heterocycles. The van der Waals surface area contributed by atoms with Crippen LogP contribution in [0.1, 0.15) is 48.1 Å². The molecule has 0 aliphatic rings. The van der Waals surface area contributed by atoms with Crippen molar-refractivity contribution in [3.05, 3.63) is 99.0 Å². The van der Waals surface area contributed by atoms with Gasteiger partial charge in [0.1, 0.15) is 11.6 Å². The molecule has 4 aromatic rings. The highest BCUT2D eigenvalue weighted by Gasteiger charge is 2.35. The highest BCUT2D eigenvalue weighted by atomic mass is 32.2. The number of carbonyl (C=O) groups excluding carboxylic acids is 1. The van der Waals surface area contributed by atoms with Gasteiger partial charge in [0.25, 0.3) is 5.56 Å². The summed E-state index contributed by atoms with van der Waals surface area (Å²) in [5.41, 5.74) is -0.598. The van der Waals surface area contributed by atoms with Gasteiger partial charge >= 0.3 is 6.18 Å². The van der Waals surface area contributed by atoms with Gasteiger partial charge in [-0.05, 0) is 67.9 Å². The highest BCUT2D eigenvalue weighted by Crippen LogP contribution is 2.32. The molecule has 2 atom stereocenters. The van der Waals surface area contributed by atoms with Crippen LogP contribution < -0.4 is 5.56 Å². The first-order valence-electron chi connectivity index (χ1n) is 13.2. The zero-order chi connectivity index (χ0) is 31.5.